The molecule has 0 aliphatic carbocycles. The number of carbonyl (C=O) groups is 7. The number of fused-ring (bicyclic) bond motifs is 5. The summed E-state index contributed by atoms with van der Waals surface area (Å²) < 4.78 is 233. The lowest BCUT2D eigenvalue weighted by Crippen LogP contribution is -2.42. The van der Waals surface area contributed by atoms with Gasteiger partial charge in [-0.1, -0.05) is 91.0 Å². The summed E-state index contributed by atoms with van der Waals surface area (Å²) in [5, 5.41) is 43.6. The molecule has 0 unspecified atom stereocenters. The Balaban J connectivity index is 0.000000130. The topological polar surface area (TPSA) is 345 Å². The molecule has 0 radical (unpaired) electrons. The van der Waals surface area contributed by atoms with Crippen LogP contribution in [0.5, 0.6) is 0 Å². The van der Waals surface area contributed by atoms with Gasteiger partial charge in [-0.15, -0.1) is 51.0 Å². The molecule has 0 atom stereocenters. The maximum absolute atomic E-state index is 13.3. The van der Waals surface area contributed by atoms with Crippen LogP contribution in [0.1, 0.15) is 258 Å². The molecule has 7 amide bonds. The van der Waals surface area contributed by atoms with Gasteiger partial charge in [0.05, 0.1) is 54.0 Å². The smallest absolute Gasteiger partial charge is 0.336 e. The molecule has 145 heavy (non-hydrogen) atoms. The van der Waals surface area contributed by atoms with Crippen LogP contribution in [0.4, 0.5) is 65.9 Å². The molecule has 5 aromatic heterocycles. The van der Waals surface area contributed by atoms with Crippen LogP contribution < -0.4 is 5.32 Å². The predicted molar refractivity (Wildman–Crippen MR) is 489 cm³/mol. The quantitative estimate of drug-likeness (QED) is 0.118. The van der Waals surface area contributed by atoms with E-state index in [2.05, 4.69) is 56.3 Å². The Labute approximate surface area is 822 Å². The van der Waals surface area contributed by atoms with Crippen molar-refractivity contribution in [1.29, 1.82) is 0 Å². The van der Waals surface area contributed by atoms with Crippen LogP contribution >= 0.6 is 0 Å². The number of hydrogen-bond acceptors (Lipinski definition) is 20. The number of amides is 7. The van der Waals surface area contributed by atoms with Crippen LogP contribution in [-0.2, 0) is 116 Å². The highest BCUT2D eigenvalue weighted by Gasteiger charge is 2.45. The van der Waals surface area contributed by atoms with E-state index in [9.17, 15) is 108 Å². The first kappa shape index (κ1) is 105. The third kappa shape index (κ3) is 23.9. The number of piperidine rings is 5. The zero-order valence-corrected chi connectivity index (χ0v) is 80.2. The van der Waals surface area contributed by atoms with Crippen LogP contribution in [0.3, 0.4) is 0 Å². The van der Waals surface area contributed by atoms with Crippen molar-refractivity contribution in [2.75, 3.05) is 97.9 Å². The molecule has 49 heteroatoms. The van der Waals surface area contributed by atoms with E-state index in [-0.39, 0.29) is 127 Å². The monoisotopic (exact) mass is 2060 g/mol. The van der Waals surface area contributed by atoms with Crippen molar-refractivity contribution in [3.8, 4) is 0 Å². The maximum Gasteiger partial charge on any atom is 0.416 e. The van der Waals surface area contributed by atoms with Crippen molar-refractivity contribution >= 4 is 51.4 Å². The van der Waals surface area contributed by atoms with Gasteiger partial charge in [-0.05, 0) is 165 Å². The first-order valence-electron chi connectivity index (χ1n) is 48.0. The van der Waals surface area contributed by atoms with Crippen molar-refractivity contribution < 1.29 is 108 Å². The van der Waals surface area contributed by atoms with Gasteiger partial charge in [-0.2, -0.15) is 70.2 Å². The van der Waals surface area contributed by atoms with Gasteiger partial charge in [-0.25, -0.2) is 8.42 Å². The third-order valence-electron chi connectivity index (χ3n) is 28.4. The van der Waals surface area contributed by atoms with E-state index in [0.29, 0.717) is 208 Å². The number of carbonyl (C=O) groups excluding carboxylic acids is 7. The van der Waals surface area contributed by atoms with E-state index in [0.717, 1.165) is 87.0 Å². The number of sulfonamides is 1. The second-order valence-electron chi connectivity index (χ2n) is 37.4. The number of rotatable bonds is 11. The van der Waals surface area contributed by atoms with Crippen molar-refractivity contribution in [3.63, 3.8) is 0 Å². The van der Waals surface area contributed by atoms with Gasteiger partial charge in [0.2, 0.25) is 51.0 Å². The minimum Gasteiger partial charge on any atom is -0.336 e. The van der Waals surface area contributed by atoms with Crippen LogP contribution in [-0.4, -0.2) is 260 Å². The van der Waals surface area contributed by atoms with E-state index in [1.807, 2.05) is 4.57 Å². The number of aromatic nitrogens is 15. The van der Waals surface area contributed by atoms with Gasteiger partial charge in [0, 0.05) is 144 Å². The molecule has 1 N–H and O–H groups in total. The number of nitrogens with zero attached hydrogens (tertiary/aromatic N) is 23. The lowest BCUT2D eigenvalue weighted by atomic mass is 9.86. The summed E-state index contributed by atoms with van der Waals surface area (Å²) in [6.07, 6.45) is -11.7. The average molecular weight is 2060 g/mol. The fourth-order valence-corrected chi connectivity index (χ4v) is 21.4. The zero-order valence-electron chi connectivity index (χ0n) is 79.4. The predicted octanol–water partition coefficient (Wildman–Crippen LogP) is 13.5. The van der Waals surface area contributed by atoms with Crippen LogP contribution in [0.2, 0.25) is 0 Å². The zero-order chi connectivity index (χ0) is 103. The van der Waals surface area contributed by atoms with Gasteiger partial charge in [0.1, 0.15) is 30.0 Å². The van der Waals surface area contributed by atoms with Gasteiger partial charge < -0.3 is 43.4 Å². The van der Waals surface area contributed by atoms with Gasteiger partial charge >= 0.3 is 30.9 Å². The van der Waals surface area contributed by atoms with Crippen molar-refractivity contribution in [3.05, 3.63) is 235 Å². The summed E-state index contributed by atoms with van der Waals surface area (Å²) in [6, 6.07) is 28.3. The molecule has 10 aliphatic rings. The molecule has 20 rings (SSSR count). The van der Waals surface area contributed by atoms with Crippen LogP contribution in [0.15, 0.2) is 121 Å². The van der Waals surface area contributed by atoms with Gasteiger partial charge in [0.25, 0.3) is 29.5 Å². The standard InChI is InChI=1S/2C20H22F3N5O2.C19H22F3N5O3S.C19H21F3N4O.C18H20F3N5O/c1-13(29)27-11-8-17-24-25-18(28(17)12-27)19(30)26-9-6-14(7-10-26)15-4-2-3-5-16(15)20(21,22)23;1-13(29)27-10-11-28-17(12-27)24-25-18(28)19(30)26-8-6-14(7-9-26)15-4-2-3-5-16(15)20(21,22)23;1-31(29,30)26-11-8-16-23-24-17(27(16)12-26)18(28)25-9-6-13(7-10-25)14-4-2-3-5-15(14)19(20,21)22;20-19(21,22)15-6-2-1-5-14(15)13-8-11-25(12-9-13)18(27)17-24-23-16-7-3-4-10-26(16)17;19-18(20,21)14-4-2-1-3-13(14)12-6-9-25(10-7-12)17(27)16-24-23-15-5-8-22-11-26(15)16/h2*2-5,14H,6-12H2,1H3;2-5,13H,6-12H2,1H3;1-2,5-6,13H,3-4,7-12H2;1-4,12,22H,5-11H2. The Kier molecular flexibility index (Phi) is 31.5. The van der Waals surface area contributed by atoms with E-state index >= 15 is 0 Å². The second kappa shape index (κ2) is 43.7. The van der Waals surface area contributed by atoms with Gasteiger partial charge in [-0.3, -0.25) is 52.6 Å². The van der Waals surface area contributed by atoms with E-state index in [4.69, 9.17) is 0 Å². The summed E-state index contributed by atoms with van der Waals surface area (Å²) in [4.78, 5) is 99.2. The molecule has 10 aromatic rings. The fraction of sp³-hybridized carbons (Fsp3) is 0.510. The largest absolute Gasteiger partial charge is 0.416 e. The van der Waals surface area contributed by atoms with E-state index in [1.165, 1.54) is 71.3 Å². The highest BCUT2D eigenvalue weighted by atomic mass is 32.2. The number of hydrogen-bond donors (Lipinski definition) is 1. The molecule has 776 valence electrons. The molecule has 0 spiro atoms. The molecular weight excluding hydrogens is 1950 g/mol. The average Bonchev–Trinajstić information content (AvgIpc) is 1.78. The first-order chi connectivity index (χ1) is 69.0. The maximum atomic E-state index is 13.3. The molecule has 5 saturated heterocycles. The second-order valence-corrected chi connectivity index (χ2v) is 39.3. The van der Waals surface area contributed by atoms with Gasteiger partial charge in [0.15, 0.2) is 5.82 Å². The molecular formula is C96H107F15N24O9S. The first-order valence-corrected chi connectivity index (χ1v) is 49.9. The Hall–Kier alpha value is -13.1. The van der Waals surface area contributed by atoms with Crippen molar-refractivity contribution in [1.82, 2.24) is 118 Å². The molecule has 5 aromatic carbocycles. The number of halogens is 15. The lowest BCUT2D eigenvalue weighted by Gasteiger charge is -2.33. The number of alkyl halides is 15. The Morgan fingerprint density at radius 2 is 0.566 bits per heavy atom. The highest BCUT2D eigenvalue weighted by molar-refractivity contribution is 7.88. The summed E-state index contributed by atoms with van der Waals surface area (Å²) in [5.74, 6) is 1.81. The molecule has 0 bridgehead atoms. The van der Waals surface area contributed by atoms with E-state index < -0.39 is 74.6 Å². The number of nitrogens with one attached hydrogen (secondary N) is 1. The fourth-order valence-electron chi connectivity index (χ4n) is 20.6. The summed E-state index contributed by atoms with van der Waals surface area (Å²) in [7, 11) is -3.43. The Morgan fingerprint density at radius 3 is 0.883 bits per heavy atom. The summed E-state index contributed by atoms with van der Waals surface area (Å²) in [6.45, 7) is 10.9. The molecule has 0 saturated carbocycles. The summed E-state index contributed by atoms with van der Waals surface area (Å²) in [5.41, 5.74) is -1.50. The Bertz CT molecular complexity index is 6330. The third-order valence-corrected chi connectivity index (χ3v) is 29.7. The highest BCUT2D eigenvalue weighted by Crippen LogP contribution is 2.46. The number of benzene rings is 5. The summed E-state index contributed by atoms with van der Waals surface area (Å²) >= 11 is 0. The number of aryl methyl sites for hydroxylation is 1. The minimum absolute atomic E-state index is 0.0301. The van der Waals surface area contributed by atoms with E-state index in [1.54, 1.807) is 90.5 Å². The number of likely N-dealkylation sites (tertiary alicyclic amines) is 5. The SMILES string of the molecule is CC(=O)N1CCc2nnc(C(=O)N3CCC(c4ccccc4C(F)(F)F)CC3)n2C1.CC(=O)N1CCn2c(nnc2C(=O)N2CCC(c3ccccc3C(F)(F)F)CC2)C1.CS(=O)(=O)N1CCc2nnc(C(=O)N3CCC(c4ccccc4C(F)(F)F)CC3)n2C1.O=C(c1nnc2n1CCCC2)N1CCC(c2ccccc2C(F)(F)F)CC1.O=C(c1nnc2n1CNCC2)N1CCC(c2ccccc2C(F)(F)F)CC1. The van der Waals surface area contributed by atoms with Crippen molar-refractivity contribution in [2.24, 2.45) is 0 Å². The molecule has 5 fully saturated rings. The normalized spacial score (nSPS) is 18.2. The van der Waals surface area contributed by atoms with Crippen LogP contribution in [0, 0.1) is 0 Å². The lowest BCUT2D eigenvalue weighted by molar-refractivity contribution is -0.139. The minimum atomic E-state index is -4.42. The molecule has 15 heterocycles. The van der Waals surface area contributed by atoms with Crippen LogP contribution in [0.25, 0.3) is 0 Å². The van der Waals surface area contributed by atoms with Crippen molar-refractivity contribution in [2.45, 2.75) is 217 Å². The molecule has 10 aliphatic heterocycles. The molecule has 33 nitrogen and oxygen atoms in total. The Morgan fingerprint density at radius 1 is 0.290 bits per heavy atom.